The van der Waals surface area contributed by atoms with E-state index in [-0.39, 0.29) is 7.25 Å². The Balaban J connectivity index is 1.66. The first-order valence-corrected chi connectivity index (χ1v) is 34.7. The SMILES string of the molecule is CCCC1=Cc2c(ccc(CC)c2-c2ccccc2C)[CH]1[Zr]([Cl])([Cl])([CH]1C(CCC)=Cc2c1ccc(CC)c2-c1ccccc1C)[SiH](C)C. The molecule has 0 saturated heterocycles. The summed E-state index contributed by atoms with van der Waals surface area (Å²) in [6.07, 6.45) is 11.3. The molecular weight excluding hydrogens is 719 g/mol. The van der Waals surface area contributed by atoms with Crippen molar-refractivity contribution in [3.8, 4) is 22.3 Å². The molecule has 0 aromatic heterocycles. The van der Waals surface area contributed by atoms with Crippen molar-refractivity contribution in [3.05, 3.63) is 128 Å². The normalized spacial score (nSPS) is 17.9. The minimum atomic E-state index is -4.87. The third-order valence-corrected chi connectivity index (χ3v) is 63.5. The van der Waals surface area contributed by atoms with Crippen LogP contribution in [-0.4, -0.2) is 5.92 Å². The van der Waals surface area contributed by atoms with Crippen molar-refractivity contribution in [2.75, 3.05) is 0 Å². The fraction of sp³-hybridized carbons (Fsp3) is 0.364. The van der Waals surface area contributed by atoms with E-state index >= 15 is 0 Å². The molecule has 251 valence electrons. The molecule has 48 heavy (non-hydrogen) atoms. The van der Waals surface area contributed by atoms with Crippen LogP contribution < -0.4 is 0 Å². The zero-order chi connectivity index (χ0) is 34.4. The van der Waals surface area contributed by atoms with E-state index < -0.39 is 21.5 Å². The maximum absolute atomic E-state index is 8.82. The first-order valence-electron chi connectivity index (χ1n) is 18.4. The monoisotopic (exact) mass is 769 g/mol. The van der Waals surface area contributed by atoms with E-state index in [0.717, 1.165) is 38.5 Å². The number of rotatable bonds is 11. The number of hydrogen-bond donors (Lipinski definition) is 0. The summed E-state index contributed by atoms with van der Waals surface area (Å²) in [6.45, 7) is 18.7. The Morgan fingerprint density at radius 2 is 0.979 bits per heavy atom. The number of hydrogen-bond acceptors (Lipinski definition) is 0. The molecule has 0 spiro atoms. The van der Waals surface area contributed by atoms with Gasteiger partial charge in [0.1, 0.15) is 0 Å². The zero-order valence-electron chi connectivity index (χ0n) is 30.3. The number of benzene rings is 4. The van der Waals surface area contributed by atoms with Crippen molar-refractivity contribution >= 4 is 35.1 Å². The molecule has 2 aliphatic rings. The molecule has 0 bridgehead atoms. The van der Waals surface area contributed by atoms with Crippen molar-refractivity contribution in [1.82, 2.24) is 0 Å². The maximum atomic E-state index is 8.82. The summed E-state index contributed by atoms with van der Waals surface area (Å²) >= 11 is -4.87. The van der Waals surface area contributed by atoms with Crippen molar-refractivity contribution in [2.45, 2.75) is 100 Å². The van der Waals surface area contributed by atoms with Crippen molar-refractivity contribution in [3.63, 3.8) is 0 Å². The Bertz CT molecular complexity index is 1800. The molecule has 4 heteroatoms. The zero-order valence-corrected chi connectivity index (χ0v) is 35.4. The van der Waals surface area contributed by atoms with Gasteiger partial charge >= 0.3 is 302 Å². The fourth-order valence-corrected chi connectivity index (χ4v) is 40.7. The van der Waals surface area contributed by atoms with Crippen LogP contribution in [-0.2, 0) is 28.4 Å². The topological polar surface area (TPSA) is 0 Å². The van der Waals surface area contributed by atoms with E-state index in [1.165, 1.54) is 77.9 Å². The van der Waals surface area contributed by atoms with Crippen molar-refractivity contribution < 1.29 is 15.6 Å². The molecule has 0 N–H and O–H groups in total. The molecule has 4 aromatic carbocycles. The van der Waals surface area contributed by atoms with Crippen LogP contribution in [0.25, 0.3) is 34.4 Å². The molecule has 0 aliphatic heterocycles. The molecule has 0 nitrogen and oxygen atoms in total. The van der Waals surface area contributed by atoms with Gasteiger partial charge in [-0.1, -0.05) is 0 Å². The van der Waals surface area contributed by atoms with Gasteiger partial charge in [0.2, 0.25) is 0 Å². The number of allylic oxidation sites excluding steroid dienone is 2. The van der Waals surface area contributed by atoms with Crippen LogP contribution in [0, 0.1) is 13.8 Å². The van der Waals surface area contributed by atoms with E-state index in [1.54, 1.807) is 0 Å². The molecule has 0 heterocycles. The van der Waals surface area contributed by atoms with Gasteiger partial charge in [-0.25, -0.2) is 0 Å². The van der Waals surface area contributed by atoms with Gasteiger partial charge in [0.15, 0.2) is 0 Å². The van der Waals surface area contributed by atoms with Gasteiger partial charge in [-0.05, 0) is 0 Å². The number of halogens is 2. The molecule has 2 aliphatic carbocycles. The van der Waals surface area contributed by atoms with E-state index in [4.69, 9.17) is 17.0 Å². The molecule has 0 fully saturated rings. The Hall–Kier alpha value is -1.96. The third-order valence-electron chi connectivity index (χ3n) is 11.6. The molecule has 0 saturated carbocycles. The Morgan fingerprint density at radius 1 is 0.583 bits per heavy atom. The van der Waals surface area contributed by atoms with Crippen LogP contribution in [0.1, 0.15) is 105 Å². The van der Waals surface area contributed by atoms with Crippen LogP contribution in [0.3, 0.4) is 0 Å². The van der Waals surface area contributed by atoms with Crippen LogP contribution in [0.5, 0.6) is 0 Å². The van der Waals surface area contributed by atoms with Gasteiger partial charge in [-0.15, -0.1) is 0 Å². The van der Waals surface area contributed by atoms with Gasteiger partial charge in [-0.3, -0.25) is 0 Å². The summed E-state index contributed by atoms with van der Waals surface area (Å²) in [5.41, 5.74) is 19.5. The van der Waals surface area contributed by atoms with Gasteiger partial charge in [0.05, 0.1) is 0 Å². The quantitative estimate of drug-likeness (QED) is 0.133. The molecule has 0 radical (unpaired) electrons. The van der Waals surface area contributed by atoms with E-state index in [2.05, 4.69) is 140 Å². The van der Waals surface area contributed by atoms with E-state index in [0.29, 0.717) is 0 Å². The standard InChI is InChI=1S/2C21H23.C2H7Si.2ClH.Zr/c2*1-4-8-16-13-18-12-11-17(5-2)21(20(18)14-16)19-10-7-6-9-15(19)3;1-3-2;;;/h2*6-7,9-14H,4-5,8H2,1-3H3;3H,1-2H3;2*1H;/q;;;;;+2/p-2. The average molecular weight is 772 g/mol. The number of aryl methyl sites for hydroxylation is 4. The summed E-state index contributed by atoms with van der Waals surface area (Å²) in [4.78, 5) is 0. The van der Waals surface area contributed by atoms with Gasteiger partial charge in [0, 0.05) is 0 Å². The summed E-state index contributed by atoms with van der Waals surface area (Å²) in [7, 11) is 17.6. The molecule has 0 amide bonds. The van der Waals surface area contributed by atoms with Crippen LogP contribution >= 0.6 is 17.0 Å². The summed E-state index contributed by atoms with van der Waals surface area (Å²) in [5, 5.41) is 0. The van der Waals surface area contributed by atoms with Crippen LogP contribution in [0.4, 0.5) is 0 Å². The van der Waals surface area contributed by atoms with E-state index in [9.17, 15) is 0 Å². The van der Waals surface area contributed by atoms with Gasteiger partial charge in [-0.2, -0.15) is 0 Å². The number of fused-ring (bicyclic) bond motifs is 2. The summed E-state index contributed by atoms with van der Waals surface area (Å²) in [5.74, 6) is -1.65. The van der Waals surface area contributed by atoms with Crippen molar-refractivity contribution in [1.29, 1.82) is 0 Å². The summed E-state index contributed by atoms with van der Waals surface area (Å²) in [6, 6.07) is 27.5. The predicted octanol–water partition coefficient (Wildman–Crippen LogP) is 13.9. The van der Waals surface area contributed by atoms with Crippen molar-refractivity contribution in [2.24, 2.45) is 0 Å². The molecule has 2 atom stereocenters. The predicted molar refractivity (Wildman–Crippen MR) is 214 cm³/mol. The first kappa shape index (κ1) is 35.9. The fourth-order valence-electron chi connectivity index (χ4n) is 9.19. The van der Waals surface area contributed by atoms with Crippen LogP contribution in [0.2, 0.25) is 13.1 Å². The second-order valence-electron chi connectivity index (χ2n) is 14.7. The molecular formula is C44H53Cl2SiZr. The molecule has 4 aromatic rings. The summed E-state index contributed by atoms with van der Waals surface area (Å²) < 4.78 is 0.239. The van der Waals surface area contributed by atoms with E-state index in [1.807, 2.05) is 0 Å². The molecule has 6 rings (SSSR count). The first-order chi connectivity index (χ1) is 23.0. The Kier molecular flexibility index (Phi) is 10.4. The average Bonchev–Trinajstić information content (AvgIpc) is 3.64. The minimum absolute atomic E-state index is 0.119. The second kappa shape index (κ2) is 14.0. The van der Waals surface area contributed by atoms with Gasteiger partial charge < -0.3 is 0 Å². The van der Waals surface area contributed by atoms with Crippen LogP contribution in [0.15, 0.2) is 83.9 Å². The molecule has 2 unspecified atom stereocenters. The Morgan fingerprint density at radius 3 is 1.31 bits per heavy atom. The Labute approximate surface area is 299 Å². The second-order valence-corrected chi connectivity index (χ2v) is 57.2. The third kappa shape index (κ3) is 5.66. The van der Waals surface area contributed by atoms with Gasteiger partial charge in [0.25, 0.3) is 0 Å².